The number of carbonyl (C=O) groups is 1. The summed E-state index contributed by atoms with van der Waals surface area (Å²) in [5, 5.41) is 10.7. The van der Waals surface area contributed by atoms with Gasteiger partial charge in [-0.1, -0.05) is 54.9 Å². The van der Waals surface area contributed by atoms with Crippen LogP contribution in [0.15, 0.2) is 18.2 Å². The molecule has 0 atom stereocenters. The Morgan fingerprint density at radius 2 is 1.58 bits per heavy atom. The van der Waals surface area contributed by atoms with Crippen LogP contribution in [-0.4, -0.2) is 17.7 Å². The maximum atomic E-state index is 11.8. The van der Waals surface area contributed by atoms with Crippen LogP contribution in [0, 0.1) is 0 Å². The van der Waals surface area contributed by atoms with E-state index in [4.69, 9.17) is 4.74 Å². The largest absolute Gasteiger partial charge is 0.507 e. The highest BCUT2D eigenvalue weighted by molar-refractivity contribution is 5.87. The number of phenolic OH excluding ortho intramolecular Hbond substituents is 1. The van der Waals surface area contributed by atoms with Gasteiger partial charge in [0.05, 0.1) is 6.61 Å². The molecule has 0 aromatic heterocycles. The van der Waals surface area contributed by atoms with Crippen LogP contribution in [0.3, 0.4) is 0 Å². The third-order valence-electron chi connectivity index (χ3n) is 3.90. The fraction of sp³-hybridized carbons (Fsp3) is 0.571. The molecule has 0 aliphatic rings. The zero-order valence-corrected chi connectivity index (χ0v) is 16.2. The minimum absolute atomic E-state index is 0.185. The predicted molar refractivity (Wildman–Crippen MR) is 100 cm³/mol. The highest BCUT2D eigenvalue weighted by Crippen LogP contribution is 2.39. The molecule has 0 saturated heterocycles. The van der Waals surface area contributed by atoms with Crippen LogP contribution in [0.25, 0.3) is 6.08 Å². The molecule has 0 spiro atoms. The maximum absolute atomic E-state index is 11.8. The molecule has 1 aromatic carbocycles. The van der Waals surface area contributed by atoms with Crippen LogP contribution in [0.2, 0.25) is 0 Å². The number of unbranched alkanes of at least 4 members (excludes halogenated alkanes) is 1. The molecule has 1 aromatic rings. The molecular weight excluding hydrogens is 300 g/mol. The van der Waals surface area contributed by atoms with Crippen molar-refractivity contribution in [3.05, 3.63) is 34.9 Å². The number of ether oxygens (including phenoxy) is 1. The molecule has 3 heteroatoms. The fourth-order valence-electron chi connectivity index (χ4n) is 2.43. The summed E-state index contributed by atoms with van der Waals surface area (Å²) in [6.07, 6.45) is 5.10. The Kier molecular flexibility index (Phi) is 6.65. The van der Waals surface area contributed by atoms with Gasteiger partial charge in [-0.15, -0.1) is 0 Å². The number of rotatable bonds is 5. The number of carbonyl (C=O) groups excluding carboxylic acids is 1. The van der Waals surface area contributed by atoms with E-state index >= 15 is 0 Å². The van der Waals surface area contributed by atoms with Gasteiger partial charge in [0.25, 0.3) is 0 Å². The predicted octanol–water partition coefficient (Wildman–Crippen LogP) is 5.34. The Bertz CT molecular complexity index is 563. The van der Waals surface area contributed by atoms with Crippen molar-refractivity contribution in [3.8, 4) is 5.75 Å². The van der Waals surface area contributed by atoms with E-state index in [-0.39, 0.29) is 16.8 Å². The molecule has 0 amide bonds. The first-order valence-electron chi connectivity index (χ1n) is 8.69. The third-order valence-corrected chi connectivity index (χ3v) is 3.90. The molecule has 0 aliphatic heterocycles. The highest BCUT2D eigenvalue weighted by atomic mass is 16.5. The lowest BCUT2D eigenvalue weighted by Gasteiger charge is -2.27. The van der Waals surface area contributed by atoms with Gasteiger partial charge in [-0.3, -0.25) is 0 Å². The minimum Gasteiger partial charge on any atom is -0.507 e. The van der Waals surface area contributed by atoms with Crippen LogP contribution < -0.4 is 0 Å². The number of hydrogen-bond acceptors (Lipinski definition) is 3. The van der Waals surface area contributed by atoms with Crippen molar-refractivity contribution < 1.29 is 14.6 Å². The van der Waals surface area contributed by atoms with Crippen molar-refractivity contribution in [2.75, 3.05) is 6.61 Å². The Labute approximate surface area is 146 Å². The van der Waals surface area contributed by atoms with Crippen LogP contribution in [-0.2, 0) is 20.4 Å². The van der Waals surface area contributed by atoms with Gasteiger partial charge in [0.1, 0.15) is 5.75 Å². The van der Waals surface area contributed by atoms with Crippen LogP contribution in [0.5, 0.6) is 5.75 Å². The molecule has 0 saturated carbocycles. The zero-order valence-electron chi connectivity index (χ0n) is 16.2. The summed E-state index contributed by atoms with van der Waals surface area (Å²) in [7, 11) is 0. The van der Waals surface area contributed by atoms with Crippen molar-refractivity contribution in [2.45, 2.75) is 72.1 Å². The normalized spacial score (nSPS) is 12.6. The Morgan fingerprint density at radius 1 is 1.08 bits per heavy atom. The number of benzene rings is 1. The lowest BCUT2D eigenvalue weighted by atomic mass is 9.78. The molecule has 24 heavy (non-hydrogen) atoms. The molecule has 0 heterocycles. The van der Waals surface area contributed by atoms with E-state index in [9.17, 15) is 9.90 Å². The van der Waals surface area contributed by atoms with Crippen molar-refractivity contribution in [1.29, 1.82) is 0 Å². The molecular formula is C21H32O3. The Morgan fingerprint density at radius 3 is 2.00 bits per heavy atom. The van der Waals surface area contributed by atoms with E-state index in [0.717, 1.165) is 29.5 Å². The van der Waals surface area contributed by atoms with Gasteiger partial charge in [0.2, 0.25) is 0 Å². The molecule has 134 valence electrons. The average Bonchev–Trinajstić information content (AvgIpc) is 2.44. The average molecular weight is 332 g/mol. The highest BCUT2D eigenvalue weighted by Gasteiger charge is 2.26. The van der Waals surface area contributed by atoms with Gasteiger partial charge in [-0.05, 0) is 41.0 Å². The topological polar surface area (TPSA) is 46.5 Å². The van der Waals surface area contributed by atoms with Gasteiger partial charge >= 0.3 is 5.97 Å². The van der Waals surface area contributed by atoms with Gasteiger partial charge < -0.3 is 9.84 Å². The SMILES string of the molecule is CCCCOC(=O)C=Cc1cc(C(C)(C)C)c(O)c(C(C)(C)C)c1. The van der Waals surface area contributed by atoms with Gasteiger partial charge in [-0.2, -0.15) is 0 Å². The van der Waals surface area contributed by atoms with E-state index in [0.29, 0.717) is 12.4 Å². The summed E-state index contributed by atoms with van der Waals surface area (Å²) in [6, 6.07) is 3.89. The first-order valence-corrected chi connectivity index (χ1v) is 8.69. The summed E-state index contributed by atoms with van der Waals surface area (Å²) in [6.45, 7) is 14.9. The van der Waals surface area contributed by atoms with E-state index in [1.54, 1.807) is 6.08 Å². The van der Waals surface area contributed by atoms with Gasteiger partial charge in [0.15, 0.2) is 0 Å². The lowest BCUT2D eigenvalue weighted by molar-refractivity contribution is -0.137. The standard InChI is InChI=1S/C21H32O3/c1-8-9-12-24-18(22)11-10-15-13-16(20(2,3)4)19(23)17(14-15)21(5,6)7/h10-11,13-14,23H,8-9,12H2,1-7H3. The number of phenols is 1. The molecule has 0 bridgehead atoms. The van der Waals surface area contributed by atoms with E-state index in [1.165, 1.54) is 6.08 Å². The second-order valence-electron chi connectivity index (χ2n) is 8.32. The first kappa shape index (κ1) is 20.3. The number of hydrogen-bond donors (Lipinski definition) is 1. The quantitative estimate of drug-likeness (QED) is 0.449. The maximum Gasteiger partial charge on any atom is 0.330 e. The smallest absolute Gasteiger partial charge is 0.330 e. The van der Waals surface area contributed by atoms with E-state index < -0.39 is 0 Å². The first-order chi connectivity index (χ1) is 11.0. The summed E-state index contributed by atoms with van der Waals surface area (Å²) < 4.78 is 5.15. The van der Waals surface area contributed by atoms with Crippen molar-refractivity contribution in [1.82, 2.24) is 0 Å². The minimum atomic E-state index is -0.328. The lowest BCUT2D eigenvalue weighted by Crippen LogP contribution is -2.17. The molecule has 3 nitrogen and oxygen atoms in total. The van der Waals surface area contributed by atoms with Crippen LogP contribution in [0.4, 0.5) is 0 Å². The third kappa shape index (κ3) is 5.70. The molecule has 0 aliphatic carbocycles. The summed E-state index contributed by atoms with van der Waals surface area (Å²) in [5.74, 6) is 0.0174. The molecule has 1 N–H and O–H groups in total. The second-order valence-corrected chi connectivity index (χ2v) is 8.32. The van der Waals surface area contributed by atoms with E-state index in [2.05, 4.69) is 48.5 Å². The van der Waals surface area contributed by atoms with Crippen LogP contribution in [0.1, 0.15) is 78.0 Å². The number of esters is 1. The summed E-state index contributed by atoms with van der Waals surface area (Å²) in [4.78, 5) is 11.8. The molecule has 1 rings (SSSR count). The zero-order chi connectivity index (χ0) is 18.5. The van der Waals surface area contributed by atoms with Crippen molar-refractivity contribution >= 4 is 12.0 Å². The van der Waals surface area contributed by atoms with Gasteiger partial charge in [0, 0.05) is 17.2 Å². The van der Waals surface area contributed by atoms with Crippen LogP contribution >= 0.6 is 0 Å². The molecule has 0 fully saturated rings. The van der Waals surface area contributed by atoms with E-state index in [1.807, 2.05) is 12.1 Å². The molecule has 0 radical (unpaired) electrons. The van der Waals surface area contributed by atoms with Crippen molar-refractivity contribution in [3.63, 3.8) is 0 Å². The summed E-state index contributed by atoms with van der Waals surface area (Å²) in [5.41, 5.74) is 2.29. The molecule has 0 unspecified atom stereocenters. The Hall–Kier alpha value is -1.77. The van der Waals surface area contributed by atoms with Gasteiger partial charge in [-0.25, -0.2) is 4.79 Å². The fourth-order valence-corrected chi connectivity index (χ4v) is 2.43. The summed E-state index contributed by atoms with van der Waals surface area (Å²) >= 11 is 0. The van der Waals surface area contributed by atoms with Crippen molar-refractivity contribution in [2.24, 2.45) is 0 Å². The number of aromatic hydroxyl groups is 1. The Balaban J connectivity index is 3.18. The monoisotopic (exact) mass is 332 g/mol. The second kappa shape index (κ2) is 7.87.